The first-order chi connectivity index (χ1) is 18.4. The molecule has 1 aliphatic carbocycles. The zero-order valence-electron chi connectivity index (χ0n) is 23.2. The first-order valence-corrected chi connectivity index (χ1v) is 15.2. The number of aryl methyl sites for hydroxylation is 1. The van der Waals surface area contributed by atoms with Crippen molar-refractivity contribution in [1.29, 1.82) is 0 Å². The van der Waals surface area contributed by atoms with Crippen LogP contribution in [0.3, 0.4) is 0 Å². The summed E-state index contributed by atoms with van der Waals surface area (Å²) in [5.74, 6) is 0.125. The number of ether oxygens (including phenoxy) is 1. The van der Waals surface area contributed by atoms with E-state index in [1.54, 1.807) is 18.9 Å². The summed E-state index contributed by atoms with van der Waals surface area (Å²) in [5.41, 5.74) is 4.54. The number of nitrogens with zero attached hydrogens (tertiary/aromatic N) is 1. The Morgan fingerprint density at radius 2 is 1.87 bits per heavy atom. The highest BCUT2D eigenvalue weighted by molar-refractivity contribution is 7.98. The Balaban J connectivity index is 1.85. The molecule has 0 saturated heterocycles. The van der Waals surface area contributed by atoms with Crippen LogP contribution in [0.5, 0.6) is 0 Å². The first-order valence-electron chi connectivity index (χ1n) is 13.9. The SMILES string of the molecule is COCCN(CCC1CCCCC1)Cc1ccc(C(=O)NC(CCSC)C(=O)O)c(-c2ccccc2C)c1. The smallest absolute Gasteiger partial charge is 0.326 e. The molecule has 1 saturated carbocycles. The fourth-order valence-corrected chi connectivity index (χ4v) is 5.78. The number of methoxy groups -OCH3 is 1. The monoisotopic (exact) mass is 540 g/mol. The number of thioether (sulfide) groups is 1. The molecule has 1 aliphatic rings. The molecular weight excluding hydrogens is 496 g/mol. The van der Waals surface area contributed by atoms with Gasteiger partial charge in [0.2, 0.25) is 0 Å². The Hall–Kier alpha value is -2.35. The zero-order chi connectivity index (χ0) is 27.3. The molecule has 2 aromatic carbocycles. The van der Waals surface area contributed by atoms with Gasteiger partial charge in [-0.15, -0.1) is 0 Å². The Bertz CT molecular complexity index is 1040. The molecule has 6 nitrogen and oxygen atoms in total. The van der Waals surface area contributed by atoms with Crippen molar-refractivity contribution in [3.8, 4) is 11.1 Å². The van der Waals surface area contributed by atoms with Crippen LogP contribution < -0.4 is 5.32 Å². The molecular formula is C31H44N2O4S. The van der Waals surface area contributed by atoms with Crippen molar-refractivity contribution in [1.82, 2.24) is 10.2 Å². The summed E-state index contributed by atoms with van der Waals surface area (Å²) in [7, 11) is 1.74. The van der Waals surface area contributed by atoms with Crippen LogP contribution in [-0.2, 0) is 16.1 Å². The number of carboxylic acids is 1. The van der Waals surface area contributed by atoms with Crippen LogP contribution in [0.1, 0.15) is 66.4 Å². The number of carbonyl (C=O) groups excluding carboxylic acids is 1. The lowest BCUT2D eigenvalue weighted by molar-refractivity contribution is -0.139. The van der Waals surface area contributed by atoms with Gasteiger partial charge in [-0.05, 0) is 78.6 Å². The molecule has 3 rings (SSSR count). The lowest BCUT2D eigenvalue weighted by Gasteiger charge is -2.27. The van der Waals surface area contributed by atoms with Crippen LogP contribution in [0.4, 0.5) is 0 Å². The van der Waals surface area contributed by atoms with Crippen LogP contribution in [0.25, 0.3) is 11.1 Å². The Kier molecular flexibility index (Phi) is 12.6. The van der Waals surface area contributed by atoms with Gasteiger partial charge in [0.05, 0.1) is 6.61 Å². The molecule has 0 aromatic heterocycles. The van der Waals surface area contributed by atoms with E-state index in [4.69, 9.17) is 4.74 Å². The molecule has 2 aromatic rings. The van der Waals surface area contributed by atoms with Gasteiger partial charge in [0.15, 0.2) is 0 Å². The largest absolute Gasteiger partial charge is 0.480 e. The molecule has 38 heavy (non-hydrogen) atoms. The van der Waals surface area contributed by atoms with E-state index in [9.17, 15) is 14.7 Å². The van der Waals surface area contributed by atoms with Crippen LogP contribution in [0, 0.1) is 12.8 Å². The van der Waals surface area contributed by atoms with E-state index in [0.717, 1.165) is 47.8 Å². The van der Waals surface area contributed by atoms with E-state index in [1.807, 2.05) is 49.6 Å². The summed E-state index contributed by atoms with van der Waals surface area (Å²) in [6.07, 6.45) is 10.3. The highest BCUT2D eigenvalue weighted by Gasteiger charge is 2.23. The molecule has 1 fully saturated rings. The molecule has 0 radical (unpaired) electrons. The van der Waals surface area contributed by atoms with Crippen molar-refractivity contribution in [2.75, 3.05) is 38.8 Å². The number of amides is 1. The third-order valence-corrected chi connectivity index (χ3v) is 8.22. The Labute approximate surface area is 232 Å². The molecule has 1 amide bonds. The number of hydrogen-bond donors (Lipinski definition) is 2. The maximum absolute atomic E-state index is 13.4. The minimum Gasteiger partial charge on any atom is -0.480 e. The minimum atomic E-state index is -1.01. The van der Waals surface area contributed by atoms with Crippen LogP contribution in [0.15, 0.2) is 42.5 Å². The maximum atomic E-state index is 13.4. The molecule has 7 heteroatoms. The van der Waals surface area contributed by atoms with Gasteiger partial charge in [-0.1, -0.05) is 62.4 Å². The van der Waals surface area contributed by atoms with E-state index in [2.05, 4.69) is 16.3 Å². The number of hydrogen-bond acceptors (Lipinski definition) is 5. The van der Waals surface area contributed by atoms with Crippen molar-refractivity contribution in [2.24, 2.45) is 5.92 Å². The summed E-state index contributed by atoms with van der Waals surface area (Å²) in [6.45, 7) is 5.40. The van der Waals surface area contributed by atoms with Crippen LogP contribution in [0.2, 0.25) is 0 Å². The quantitative estimate of drug-likeness (QED) is 0.288. The van der Waals surface area contributed by atoms with E-state index >= 15 is 0 Å². The summed E-state index contributed by atoms with van der Waals surface area (Å²) in [6, 6.07) is 13.1. The first kappa shape index (κ1) is 30.2. The van der Waals surface area contributed by atoms with E-state index in [0.29, 0.717) is 24.3 Å². The van der Waals surface area contributed by atoms with Gasteiger partial charge in [0, 0.05) is 25.8 Å². The second-order valence-electron chi connectivity index (χ2n) is 10.4. The predicted octanol–water partition coefficient (Wildman–Crippen LogP) is 6.02. The fourth-order valence-electron chi connectivity index (χ4n) is 5.30. The third kappa shape index (κ3) is 9.14. The molecule has 0 heterocycles. The average Bonchev–Trinajstić information content (AvgIpc) is 2.93. The summed E-state index contributed by atoms with van der Waals surface area (Å²) < 4.78 is 5.40. The minimum absolute atomic E-state index is 0.350. The lowest BCUT2D eigenvalue weighted by Crippen LogP contribution is -2.41. The van der Waals surface area contributed by atoms with Gasteiger partial charge < -0.3 is 15.2 Å². The Morgan fingerprint density at radius 3 is 2.55 bits per heavy atom. The zero-order valence-corrected chi connectivity index (χ0v) is 24.0. The number of carboxylic acid groups (broad SMARTS) is 1. The molecule has 1 atom stereocenters. The van der Waals surface area contributed by atoms with Crippen molar-refractivity contribution in [3.05, 3.63) is 59.2 Å². The van der Waals surface area contributed by atoms with Gasteiger partial charge in [0.25, 0.3) is 5.91 Å². The molecule has 0 spiro atoms. The molecule has 0 bridgehead atoms. The van der Waals surface area contributed by atoms with Gasteiger partial charge in [-0.3, -0.25) is 9.69 Å². The highest BCUT2D eigenvalue weighted by atomic mass is 32.2. The molecule has 1 unspecified atom stereocenters. The number of carbonyl (C=O) groups is 2. The topological polar surface area (TPSA) is 78.9 Å². The number of aliphatic carboxylic acids is 1. The van der Waals surface area contributed by atoms with Crippen molar-refractivity contribution >= 4 is 23.6 Å². The van der Waals surface area contributed by atoms with Crippen LogP contribution in [-0.4, -0.2) is 66.7 Å². The van der Waals surface area contributed by atoms with Crippen molar-refractivity contribution in [3.63, 3.8) is 0 Å². The maximum Gasteiger partial charge on any atom is 0.326 e. The summed E-state index contributed by atoms with van der Waals surface area (Å²) in [4.78, 5) is 27.6. The third-order valence-electron chi connectivity index (χ3n) is 7.57. The van der Waals surface area contributed by atoms with Crippen molar-refractivity contribution < 1.29 is 19.4 Å². The highest BCUT2D eigenvalue weighted by Crippen LogP contribution is 2.30. The summed E-state index contributed by atoms with van der Waals surface area (Å²) in [5, 5.41) is 12.4. The fraction of sp³-hybridized carbons (Fsp3) is 0.548. The normalized spacial score (nSPS) is 14.9. The number of benzene rings is 2. The standard InChI is InChI=1S/C31H44N2O4S/c1-23-9-7-8-12-26(23)28-21-25(13-14-27(28)30(34)32-29(31(35)36)16-20-38-3)22-33(18-19-37-2)17-15-24-10-5-4-6-11-24/h7-9,12-14,21,24,29H,4-6,10-11,15-20,22H2,1-3H3,(H,32,34)(H,35,36). The predicted molar refractivity (Wildman–Crippen MR) is 157 cm³/mol. The summed E-state index contributed by atoms with van der Waals surface area (Å²) >= 11 is 1.57. The van der Waals surface area contributed by atoms with Gasteiger partial charge in [-0.2, -0.15) is 11.8 Å². The van der Waals surface area contributed by atoms with E-state index < -0.39 is 12.0 Å². The van der Waals surface area contributed by atoms with Crippen molar-refractivity contribution in [2.45, 2.75) is 64.5 Å². The van der Waals surface area contributed by atoms with Crippen LogP contribution >= 0.6 is 11.8 Å². The molecule has 208 valence electrons. The van der Waals surface area contributed by atoms with E-state index in [-0.39, 0.29) is 5.91 Å². The van der Waals surface area contributed by atoms with E-state index in [1.165, 1.54) is 38.5 Å². The average molecular weight is 541 g/mol. The second kappa shape index (κ2) is 15.9. The van der Waals surface area contributed by atoms with Gasteiger partial charge in [0.1, 0.15) is 6.04 Å². The van der Waals surface area contributed by atoms with Gasteiger partial charge in [-0.25, -0.2) is 4.79 Å². The number of nitrogens with one attached hydrogen (secondary N) is 1. The second-order valence-corrected chi connectivity index (χ2v) is 11.4. The molecule has 2 N–H and O–H groups in total. The van der Waals surface area contributed by atoms with Gasteiger partial charge >= 0.3 is 5.97 Å². The number of rotatable bonds is 15. The molecule has 0 aliphatic heterocycles. The Morgan fingerprint density at radius 1 is 1.11 bits per heavy atom. The lowest BCUT2D eigenvalue weighted by atomic mass is 9.87.